The number of methoxy groups -OCH3 is 1. The second-order valence-corrected chi connectivity index (χ2v) is 5.30. The van der Waals surface area contributed by atoms with Crippen LogP contribution in [-0.2, 0) is 9.47 Å². The van der Waals surface area contributed by atoms with Gasteiger partial charge in [0, 0.05) is 7.11 Å². The van der Waals surface area contributed by atoms with Crippen LogP contribution in [0.2, 0.25) is 0 Å². The van der Waals surface area contributed by atoms with E-state index in [2.05, 4.69) is 26.5 Å². The summed E-state index contributed by atoms with van der Waals surface area (Å²) in [7, 11) is 1.67. The normalized spacial score (nSPS) is 31.5. The predicted molar refractivity (Wildman–Crippen MR) is 71.9 cm³/mol. The van der Waals surface area contributed by atoms with Crippen molar-refractivity contribution < 1.29 is 9.47 Å². The fourth-order valence-electron chi connectivity index (χ4n) is 3.02. The third-order valence-corrected chi connectivity index (χ3v) is 4.37. The zero-order valence-corrected chi connectivity index (χ0v) is 11.7. The molecule has 0 radical (unpaired) electrons. The Hall–Kier alpha value is -0.340. The lowest BCUT2D eigenvalue weighted by atomic mass is 9.94. The molecule has 0 aromatic carbocycles. The number of ether oxygens (including phenoxy) is 2. The molecule has 0 aliphatic heterocycles. The van der Waals surface area contributed by atoms with Crippen LogP contribution in [0.4, 0.5) is 0 Å². The lowest BCUT2D eigenvalue weighted by Gasteiger charge is -2.13. The van der Waals surface area contributed by atoms with Crippen LogP contribution in [0.25, 0.3) is 0 Å². The van der Waals surface area contributed by atoms with Gasteiger partial charge in [0.25, 0.3) is 0 Å². The molecular weight excluding hydrogens is 212 g/mol. The molecule has 0 heterocycles. The molecule has 0 bridgehead atoms. The monoisotopic (exact) mass is 240 g/mol. The van der Waals surface area contributed by atoms with Crippen LogP contribution in [0.5, 0.6) is 0 Å². The molecule has 0 spiro atoms. The van der Waals surface area contributed by atoms with Crippen molar-refractivity contribution in [2.75, 3.05) is 20.5 Å². The minimum atomic E-state index is 0.349. The number of unbranched alkanes of at least 4 members (excludes halogenated alkanes) is 3. The van der Waals surface area contributed by atoms with E-state index < -0.39 is 0 Å². The SMILES string of the molecule is C=C[C@]1(CCCCCC)[C@H](COCOC)[C@@H]1C. The molecule has 0 N–H and O–H groups in total. The standard InChI is InChI=1S/C15H28O2/c1-5-7-8-9-10-15(6-2)13(3)14(15)11-17-12-16-4/h6,13-14H,2,5,7-12H2,1,3-4H3/t13-,14+,15+/m0/s1. The molecule has 2 heteroatoms. The van der Waals surface area contributed by atoms with Gasteiger partial charge in [0.05, 0.1) is 6.61 Å². The van der Waals surface area contributed by atoms with Gasteiger partial charge in [-0.1, -0.05) is 45.6 Å². The lowest BCUT2D eigenvalue weighted by molar-refractivity contribution is -0.0374. The second-order valence-electron chi connectivity index (χ2n) is 5.30. The van der Waals surface area contributed by atoms with Gasteiger partial charge in [-0.05, 0) is 23.7 Å². The first kappa shape index (κ1) is 14.7. The van der Waals surface area contributed by atoms with Crippen molar-refractivity contribution in [3.05, 3.63) is 12.7 Å². The minimum Gasteiger partial charge on any atom is -0.359 e. The number of hydrogen-bond donors (Lipinski definition) is 0. The van der Waals surface area contributed by atoms with Gasteiger partial charge in [-0.2, -0.15) is 0 Å². The van der Waals surface area contributed by atoms with Crippen LogP contribution in [-0.4, -0.2) is 20.5 Å². The van der Waals surface area contributed by atoms with Gasteiger partial charge in [0.15, 0.2) is 0 Å². The Morgan fingerprint density at radius 2 is 2.06 bits per heavy atom. The highest BCUT2D eigenvalue weighted by atomic mass is 16.7. The predicted octanol–water partition coefficient (Wildman–Crippen LogP) is 4.02. The molecule has 0 saturated heterocycles. The zero-order chi connectivity index (χ0) is 12.7. The average Bonchev–Trinajstić information content (AvgIpc) is 2.90. The van der Waals surface area contributed by atoms with E-state index in [1.165, 1.54) is 32.1 Å². The first-order valence-corrected chi connectivity index (χ1v) is 6.93. The Morgan fingerprint density at radius 1 is 1.29 bits per heavy atom. The van der Waals surface area contributed by atoms with E-state index in [1.54, 1.807) is 7.11 Å². The van der Waals surface area contributed by atoms with Crippen LogP contribution in [0.1, 0.15) is 46.0 Å². The van der Waals surface area contributed by atoms with Crippen molar-refractivity contribution in [2.24, 2.45) is 17.3 Å². The Labute approximate surface area is 106 Å². The van der Waals surface area contributed by atoms with Crippen molar-refractivity contribution in [3.63, 3.8) is 0 Å². The summed E-state index contributed by atoms with van der Waals surface area (Å²) < 4.78 is 10.4. The number of rotatable bonds is 10. The van der Waals surface area contributed by atoms with Crippen LogP contribution < -0.4 is 0 Å². The van der Waals surface area contributed by atoms with Gasteiger partial charge in [0.1, 0.15) is 6.79 Å². The van der Waals surface area contributed by atoms with E-state index in [1.807, 2.05) is 0 Å². The van der Waals surface area contributed by atoms with E-state index in [0.717, 1.165) is 12.5 Å². The van der Waals surface area contributed by atoms with Crippen molar-refractivity contribution in [3.8, 4) is 0 Å². The molecule has 100 valence electrons. The molecule has 0 amide bonds. The summed E-state index contributed by atoms with van der Waals surface area (Å²) >= 11 is 0. The molecule has 0 aromatic heterocycles. The molecule has 1 aliphatic rings. The van der Waals surface area contributed by atoms with Crippen molar-refractivity contribution in [1.82, 2.24) is 0 Å². The van der Waals surface area contributed by atoms with Gasteiger partial charge >= 0.3 is 0 Å². The van der Waals surface area contributed by atoms with Crippen LogP contribution in [0, 0.1) is 17.3 Å². The quantitative estimate of drug-likeness (QED) is 0.326. The molecular formula is C15H28O2. The molecule has 3 atom stereocenters. The zero-order valence-electron chi connectivity index (χ0n) is 11.7. The van der Waals surface area contributed by atoms with Gasteiger partial charge in [-0.3, -0.25) is 0 Å². The molecule has 1 rings (SSSR count). The maximum Gasteiger partial charge on any atom is 0.146 e. The summed E-state index contributed by atoms with van der Waals surface area (Å²) in [5.41, 5.74) is 0.349. The van der Waals surface area contributed by atoms with Gasteiger partial charge in [-0.15, -0.1) is 6.58 Å². The highest BCUT2D eigenvalue weighted by Crippen LogP contribution is 2.62. The maximum atomic E-state index is 5.49. The van der Waals surface area contributed by atoms with E-state index >= 15 is 0 Å². The lowest BCUT2D eigenvalue weighted by Crippen LogP contribution is -2.07. The fourth-order valence-corrected chi connectivity index (χ4v) is 3.02. The highest BCUT2D eigenvalue weighted by Gasteiger charge is 2.58. The first-order chi connectivity index (χ1) is 8.22. The second kappa shape index (κ2) is 7.17. The van der Waals surface area contributed by atoms with Crippen LogP contribution in [0.3, 0.4) is 0 Å². The fraction of sp³-hybridized carbons (Fsp3) is 0.867. The highest BCUT2D eigenvalue weighted by molar-refractivity contribution is 5.17. The molecule has 0 unspecified atom stereocenters. The Balaban J connectivity index is 2.29. The first-order valence-electron chi connectivity index (χ1n) is 6.93. The van der Waals surface area contributed by atoms with E-state index in [0.29, 0.717) is 18.1 Å². The third kappa shape index (κ3) is 3.56. The smallest absolute Gasteiger partial charge is 0.146 e. The summed E-state index contributed by atoms with van der Waals surface area (Å²) in [6.07, 6.45) is 8.78. The Bertz CT molecular complexity index is 227. The molecule has 0 aromatic rings. The summed E-state index contributed by atoms with van der Waals surface area (Å²) in [6.45, 7) is 9.84. The average molecular weight is 240 g/mol. The van der Waals surface area contributed by atoms with Crippen molar-refractivity contribution >= 4 is 0 Å². The topological polar surface area (TPSA) is 18.5 Å². The van der Waals surface area contributed by atoms with Crippen LogP contribution >= 0.6 is 0 Å². The van der Waals surface area contributed by atoms with Crippen molar-refractivity contribution in [2.45, 2.75) is 46.0 Å². The van der Waals surface area contributed by atoms with Crippen LogP contribution in [0.15, 0.2) is 12.7 Å². The van der Waals surface area contributed by atoms with Gasteiger partial charge in [0.2, 0.25) is 0 Å². The molecule has 1 aliphatic carbocycles. The number of allylic oxidation sites excluding steroid dienone is 1. The summed E-state index contributed by atoms with van der Waals surface area (Å²) in [6, 6.07) is 0. The van der Waals surface area contributed by atoms with Gasteiger partial charge < -0.3 is 9.47 Å². The largest absolute Gasteiger partial charge is 0.359 e. The molecule has 1 saturated carbocycles. The minimum absolute atomic E-state index is 0.349. The maximum absolute atomic E-state index is 5.49. The van der Waals surface area contributed by atoms with E-state index in [4.69, 9.17) is 9.47 Å². The summed E-state index contributed by atoms with van der Waals surface area (Å²) in [4.78, 5) is 0. The summed E-state index contributed by atoms with van der Waals surface area (Å²) in [5, 5.41) is 0. The Kier molecular flexibility index (Phi) is 6.21. The van der Waals surface area contributed by atoms with Crippen molar-refractivity contribution in [1.29, 1.82) is 0 Å². The Morgan fingerprint density at radius 3 is 2.65 bits per heavy atom. The molecule has 2 nitrogen and oxygen atoms in total. The molecule has 17 heavy (non-hydrogen) atoms. The summed E-state index contributed by atoms with van der Waals surface area (Å²) in [5.74, 6) is 1.37. The van der Waals surface area contributed by atoms with E-state index in [-0.39, 0.29) is 0 Å². The number of hydrogen-bond acceptors (Lipinski definition) is 2. The van der Waals surface area contributed by atoms with E-state index in [9.17, 15) is 0 Å². The molecule has 1 fully saturated rings. The van der Waals surface area contributed by atoms with Gasteiger partial charge in [-0.25, -0.2) is 0 Å². The third-order valence-electron chi connectivity index (χ3n) is 4.37.